The molecule has 0 saturated carbocycles. The first-order chi connectivity index (χ1) is 4.75. The van der Waals surface area contributed by atoms with Crippen molar-refractivity contribution in [3.05, 3.63) is 0 Å². The lowest BCUT2D eigenvalue weighted by molar-refractivity contribution is -0.125. The average Bonchev–Trinajstić information content (AvgIpc) is 1.76. The molecule has 0 radical (unpaired) electrons. The lowest BCUT2D eigenvalue weighted by atomic mass is 9.88. The number of rotatable bonds is 3. The number of primary amides is 1. The monoisotopic (exact) mass is 144 g/mol. The zero-order valence-electron chi connectivity index (χ0n) is 5.71. The molecular weight excluding hydrogens is 132 g/mol. The summed E-state index contributed by atoms with van der Waals surface area (Å²) in [5.41, 5.74) is 5.03. The lowest BCUT2D eigenvalue weighted by Gasteiger charge is -2.31. The van der Waals surface area contributed by atoms with Gasteiger partial charge in [-0.15, -0.1) is 0 Å². The normalized spacial score (nSPS) is 21.7. The Kier molecular flexibility index (Phi) is 2.24. The fraction of sp³-hybridized carbons (Fsp3) is 0.833. The molecule has 0 aromatic heterocycles. The predicted octanol–water partition coefficient (Wildman–Crippen LogP) is -1.70. The maximum atomic E-state index is 10.6. The van der Waals surface area contributed by atoms with Gasteiger partial charge < -0.3 is 16.2 Å². The van der Waals surface area contributed by atoms with Crippen LogP contribution in [-0.4, -0.2) is 30.7 Å². The molecule has 1 fully saturated rings. The average molecular weight is 144 g/mol. The van der Waals surface area contributed by atoms with Crippen LogP contribution in [0.25, 0.3) is 0 Å². The van der Waals surface area contributed by atoms with E-state index < -0.39 is 5.91 Å². The van der Waals surface area contributed by atoms with Crippen LogP contribution in [0.5, 0.6) is 0 Å². The molecule has 10 heavy (non-hydrogen) atoms. The van der Waals surface area contributed by atoms with Crippen LogP contribution in [-0.2, 0) is 4.79 Å². The highest BCUT2D eigenvalue weighted by Gasteiger charge is 2.30. The largest absolute Gasteiger partial charge is 0.396 e. The molecular formula is C6H12N2O2. The number of nitrogens with two attached hydrogens (primary N) is 1. The number of amides is 1. The van der Waals surface area contributed by atoms with E-state index in [1.807, 2.05) is 0 Å². The molecule has 4 heteroatoms. The number of hydrogen-bond donors (Lipinski definition) is 3. The summed E-state index contributed by atoms with van der Waals surface area (Å²) >= 11 is 0. The van der Waals surface area contributed by atoms with Gasteiger partial charge in [-0.25, -0.2) is 0 Å². The van der Waals surface area contributed by atoms with Gasteiger partial charge >= 0.3 is 0 Å². The summed E-state index contributed by atoms with van der Waals surface area (Å²) in [6, 6.07) is 0. The smallest absolute Gasteiger partial charge is 0.223 e. The number of hydrogen-bond acceptors (Lipinski definition) is 3. The van der Waals surface area contributed by atoms with Crippen LogP contribution in [0.1, 0.15) is 0 Å². The van der Waals surface area contributed by atoms with Gasteiger partial charge in [0.15, 0.2) is 0 Å². The summed E-state index contributed by atoms with van der Waals surface area (Å²) in [6.45, 7) is 1.48. The summed E-state index contributed by atoms with van der Waals surface area (Å²) < 4.78 is 0. The maximum Gasteiger partial charge on any atom is 0.223 e. The van der Waals surface area contributed by atoms with E-state index in [1.54, 1.807) is 0 Å². The molecule has 0 aromatic carbocycles. The molecule has 1 unspecified atom stereocenters. The Morgan fingerprint density at radius 2 is 2.40 bits per heavy atom. The van der Waals surface area contributed by atoms with Crippen molar-refractivity contribution in [3.8, 4) is 0 Å². The third kappa shape index (κ3) is 1.27. The van der Waals surface area contributed by atoms with Gasteiger partial charge in [0.1, 0.15) is 0 Å². The standard InChI is InChI=1S/C6H12N2O2/c7-6(10)5(3-9)4-1-8-2-4/h4-5,8-9H,1-3H2,(H2,7,10). The summed E-state index contributed by atoms with van der Waals surface area (Å²) in [7, 11) is 0. The SMILES string of the molecule is NC(=O)C(CO)C1CNC1. The fourth-order valence-electron chi connectivity index (χ4n) is 1.07. The molecule has 1 atom stereocenters. The van der Waals surface area contributed by atoms with Crippen molar-refractivity contribution in [1.29, 1.82) is 0 Å². The van der Waals surface area contributed by atoms with Gasteiger partial charge in [-0.1, -0.05) is 0 Å². The van der Waals surface area contributed by atoms with Gasteiger partial charge in [0, 0.05) is 13.1 Å². The van der Waals surface area contributed by atoms with Crippen LogP contribution in [0.4, 0.5) is 0 Å². The molecule has 58 valence electrons. The summed E-state index contributed by atoms with van der Waals surface area (Å²) in [5.74, 6) is -0.488. The van der Waals surface area contributed by atoms with Crippen molar-refractivity contribution < 1.29 is 9.90 Å². The Morgan fingerprint density at radius 1 is 1.80 bits per heavy atom. The van der Waals surface area contributed by atoms with Crippen LogP contribution >= 0.6 is 0 Å². The zero-order chi connectivity index (χ0) is 7.56. The van der Waals surface area contributed by atoms with E-state index in [4.69, 9.17) is 10.8 Å². The number of aliphatic hydroxyl groups excluding tert-OH is 1. The number of carbonyl (C=O) groups is 1. The maximum absolute atomic E-state index is 10.6. The van der Waals surface area contributed by atoms with Crippen molar-refractivity contribution in [2.45, 2.75) is 0 Å². The molecule has 0 aliphatic carbocycles. The molecule has 4 N–H and O–H groups in total. The molecule has 1 saturated heterocycles. The quantitative estimate of drug-likeness (QED) is 0.442. The minimum atomic E-state index is -0.394. The van der Waals surface area contributed by atoms with Gasteiger partial charge in [0.05, 0.1) is 12.5 Å². The first-order valence-electron chi connectivity index (χ1n) is 3.36. The van der Waals surface area contributed by atoms with Gasteiger partial charge in [0.2, 0.25) is 5.91 Å². The van der Waals surface area contributed by atoms with E-state index in [0.29, 0.717) is 0 Å². The number of carbonyl (C=O) groups excluding carboxylic acids is 1. The highest BCUT2D eigenvalue weighted by Crippen LogP contribution is 2.14. The molecule has 1 aliphatic heterocycles. The Hall–Kier alpha value is -0.610. The highest BCUT2D eigenvalue weighted by atomic mass is 16.3. The summed E-state index contributed by atoms with van der Waals surface area (Å²) in [4.78, 5) is 10.6. The highest BCUT2D eigenvalue weighted by molar-refractivity contribution is 5.77. The predicted molar refractivity (Wildman–Crippen MR) is 36.1 cm³/mol. The van der Waals surface area contributed by atoms with Crippen LogP contribution in [0.15, 0.2) is 0 Å². The number of aliphatic hydroxyl groups is 1. The number of nitrogens with one attached hydrogen (secondary N) is 1. The third-order valence-corrected chi connectivity index (χ3v) is 1.94. The van der Waals surface area contributed by atoms with Crippen molar-refractivity contribution in [2.24, 2.45) is 17.6 Å². The molecule has 1 rings (SSSR count). The molecule has 4 nitrogen and oxygen atoms in total. The van der Waals surface area contributed by atoms with Gasteiger partial charge in [0.25, 0.3) is 0 Å². The van der Waals surface area contributed by atoms with E-state index in [1.165, 1.54) is 0 Å². The van der Waals surface area contributed by atoms with E-state index in [0.717, 1.165) is 13.1 Å². The van der Waals surface area contributed by atoms with E-state index >= 15 is 0 Å². The van der Waals surface area contributed by atoms with Gasteiger partial charge in [-0.3, -0.25) is 4.79 Å². The first-order valence-corrected chi connectivity index (χ1v) is 3.36. The Bertz CT molecular complexity index is 134. The summed E-state index contributed by atoms with van der Waals surface area (Å²) in [5, 5.41) is 11.7. The molecule has 1 heterocycles. The van der Waals surface area contributed by atoms with Crippen molar-refractivity contribution in [1.82, 2.24) is 5.32 Å². The third-order valence-electron chi connectivity index (χ3n) is 1.94. The van der Waals surface area contributed by atoms with E-state index in [9.17, 15) is 4.79 Å². The van der Waals surface area contributed by atoms with Crippen molar-refractivity contribution in [2.75, 3.05) is 19.7 Å². The molecule has 1 amide bonds. The van der Waals surface area contributed by atoms with E-state index in [-0.39, 0.29) is 18.4 Å². The second-order valence-electron chi connectivity index (χ2n) is 2.61. The van der Waals surface area contributed by atoms with Crippen molar-refractivity contribution >= 4 is 5.91 Å². The van der Waals surface area contributed by atoms with Crippen molar-refractivity contribution in [3.63, 3.8) is 0 Å². The van der Waals surface area contributed by atoms with Crippen LogP contribution in [0, 0.1) is 11.8 Å². The van der Waals surface area contributed by atoms with Crippen LogP contribution in [0.3, 0.4) is 0 Å². The van der Waals surface area contributed by atoms with Crippen LogP contribution in [0.2, 0.25) is 0 Å². The second-order valence-corrected chi connectivity index (χ2v) is 2.61. The Labute approximate surface area is 59.4 Å². The van der Waals surface area contributed by atoms with Gasteiger partial charge in [-0.2, -0.15) is 0 Å². The minimum Gasteiger partial charge on any atom is -0.396 e. The van der Waals surface area contributed by atoms with E-state index in [2.05, 4.69) is 5.32 Å². The second kappa shape index (κ2) is 2.98. The molecule has 0 bridgehead atoms. The molecule has 0 aromatic rings. The first kappa shape index (κ1) is 7.50. The molecule has 1 aliphatic rings. The Morgan fingerprint density at radius 3 is 2.50 bits per heavy atom. The topological polar surface area (TPSA) is 75.4 Å². The lowest BCUT2D eigenvalue weighted by Crippen LogP contribution is -2.50. The summed E-state index contributed by atoms with van der Waals surface area (Å²) in [6.07, 6.45) is 0. The Balaban J connectivity index is 2.39. The van der Waals surface area contributed by atoms with Gasteiger partial charge in [-0.05, 0) is 5.92 Å². The van der Waals surface area contributed by atoms with Crippen LogP contribution < -0.4 is 11.1 Å². The molecule has 0 spiro atoms. The zero-order valence-corrected chi connectivity index (χ0v) is 5.71. The minimum absolute atomic E-state index is 0.123. The fourth-order valence-corrected chi connectivity index (χ4v) is 1.07.